The van der Waals surface area contributed by atoms with E-state index in [1.54, 1.807) is 23.6 Å². The van der Waals surface area contributed by atoms with Gasteiger partial charge in [0.05, 0.1) is 5.39 Å². The number of carbonyl (C=O) groups excluding carboxylic acids is 1. The van der Waals surface area contributed by atoms with E-state index in [0.29, 0.717) is 27.2 Å². The number of nitrogens with zero attached hydrogens (tertiary/aromatic N) is 2. The lowest BCUT2D eigenvalue weighted by atomic mass is 10.2. The SMILES string of the molecule is Cc1c(C(=O)OCCOc2ccccc2F)sc2nc3n(c(=O)c12)CCC3. The van der Waals surface area contributed by atoms with Crippen LogP contribution < -0.4 is 10.3 Å². The van der Waals surface area contributed by atoms with Gasteiger partial charge >= 0.3 is 5.97 Å². The van der Waals surface area contributed by atoms with Crippen LogP contribution in [0.4, 0.5) is 4.39 Å². The minimum atomic E-state index is -0.530. The molecule has 0 fully saturated rings. The lowest BCUT2D eigenvalue weighted by Gasteiger charge is -2.07. The molecule has 0 radical (unpaired) electrons. The molecule has 27 heavy (non-hydrogen) atoms. The first-order valence-corrected chi connectivity index (χ1v) is 9.45. The molecule has 0 aliphatic carbocycles. The summed E-state index contributed by atoms with van der Waals surface area (Å²) in [4.78, 5) is 30.5. The monoisotopic (exact) mass is 388 g/mol. The molecule has 6 nitrogen and oxygen atoms in total. The molecule has 0 unspecified atom stereocenters. The Hall–Kier alpha value is -2.74. The highest BCUT2D eigenvalue weighted by atomic mass is 32.1. The number of aryl methyl sites for hydroxylation is 2. The van der Waals surface area contributed by atoms with E-state index in [1.807, 2.05) is 0 Å². The third-order valence-electron chi connectivity index (χ3n) is 4.51. The molecule has 0 bridgehead atoms. The van der Waals surface area contributed by atoms with Crippen molar-refractivity contribution in [2.45, 2.75) is 26.3 Å². The van der Waals surface area contributed by atoms with Gasteiger partial charge in [0.1, 0.15) is 28.7 Å². The minimum Gasteiger partial charge on any atom is -0.487 e. The van der Waals surface area contributed by atoms with Crippen molar-refractivity contribution in [2.24, 2.45) is 0 Å². The molecule has 0 N–H and O–H groups in total. The summed E-state index contributed by atoms with van der Waals surface area (Å²) in [5.74, 6) is -0.119. The number of esters is 1. The number of rotatable bonds is 5. The number of hydrogen-bond donors (Lipinski definition) is 0. The number of carbonyl (C=O) groups is 1. The van der Waals surface area contributed by atoms with Crippen molar-refractivity contribution in [1.29, 1.82) is 0 Å². The van der Waals surface area contributed by atoms with Crippen LogP contribution in [0.1, 0.15) is 27.5 Å². The van der Waals surface area contributed by atoms with Crippen LogP contribution in [0.2, 0.25) is 0 Å². The molecular weight excluding hydrogens is 371 g/mol. The number of halogens is 1. The number of aromatic nitrogens is 2. The van der Waals surface area contributed by atoms with Crippen molar-refractivity contribution in [3.8, 4) is 5.75 Å². The minimum absolute atomic E-state index is 0.0240. The Morgan fingerprint density at radius 2 is 2.15 bits per heavy atom. The summed E-state index contributed by atoms with van der Waals surface area (Å²) < 4.78 is 25.7. The fraction of sp³-hybridized carbons (Fsp3) is 0.316. The molecule has 0 spiro atoms. The van der Waals surface area contributed by atoms with Crippen molar-refractivity contribution in [2.75, 3.05) is 13.2 Å². The first-order valence-electron chi connectivity index (χ1n) is 8.63. The number of benzene rings is 1. The fourth-order valence-corrected chi connectivity index (χ4v) is 4.27. The highest BCUT2D eigenvalue weighted by Gasteiger charge is 2.23. The summed E-state index contributed by atoms with van der Waals surface area (Å²) in [6, 6.07) is 6.03. The zero-order valence-electron chi connectivity index (χ0n) is 14.7. The lowest BCUT2D eigenvalue weighted by Crippen LogP contribution is -2.20. The summed E-state index contributed by atoms with van der Waals surface area (Å²) in [5.41, 5.74) is 0.498. The molecule has 3 heterocycles. The Labute approximate surface area is 158 Å². The van der Waals surface area contributed by atoms with Gasteiger partial charge in [0.15, 0.2) is 11.6 Å². The van der Waals surface area contributed by atoms with Crippen LogP contribution in [-0.2, 0) is 17.7 Å². The van der Waals surface area contributed by atoms with Gasteiger partial charge in [0, 0.05) is 13.0 Å². The number of thiophene rings is 1. The molecule has 1 aliphatic heterocycles. The van der Waals surface area contributed by atoms with Crippen LogP contribution in [0.25, 0.3) is 10.2 Å². The zero-order valence-corrected chi connectivity index (χ0v) is 15.5. The van der Waals surface area contributed by atoms with Crippen LogP contribution in [0.3, 0.4) is 0 Å². The van der Waals surface area contributed by atoms with E-state index in [4.69, 9.17) is 9.47 Å². The predicted octanol–water partition coefficient (Wildman–Crippen LogP) is 3.09. The molecule has 2 aromatic heterocycles. The third kappa shape index (κ3) is 3.21. The fourth-order valence-electron chi connectivity index (χ4n) is 3.18. The number of fused-ring (bicyclic) bond motifs is 2. The quantitative estimate of drug-likeness (QED) is 0.496. The second-order valence-electron chi connectivity index (χ2n) is 6.24. The van der Waals surface area contributed by atoms with Gasteiger partial charge in [-0.2, -0.15) is 0 Å². The molecular formula is C19H17FN2O4S. The van der Waals surface area contributed by atoms with Gasteiger partial charge in [-0.25, -0.2) is 14.2 Å². The Balaban J connectivity index is 1.47. The second-order valence-corrected chi connectivity index (χ2v) is 7.24. The van der Waals surface area contributed by atoms with E-state index in [0.717, 1.165) is 18.7 Å². The maximum atomic E-state index is 13.5. The molecule has 1 aliphatic rings. The smallest absolute Gasteiger partial charge is 0.348 e. The molecule has 3 aromatic rings. The topological polar surface area (TPSA) is 70.4 Å². The normalized spacial score (nSPS) is 13.0. The standard InChI is InChI=1S/C19H17FN2O4S/c1-11-15-17(21-14-7-4-8-22(14)18(15)23)27-16(11)19(24)26-10-9-25-13-6-3-2-5-12(13)20/h2-3,5-6H,4,7-10H2,1H3. The van der Waals surface area contributed by atoms with E-state index in [9.17, 15) is 14.0 Å². The van der Waals surface area contributed by atoms with Crippen LogP contribution in [0.5, 0.6) is 5.75 Å². The van der Waals surface area contributed by atoms with Crippen LogP contribution in [0, 0.1) is 12.7 Å². The predicted molar refractivity (Wildman–Crippen MR) is 99.1 cm³/mol. The van der Waals surface area contributed by atoms with E-state index >= 15 is 0 Å². The van der Waals surface area contributed by atoms with Gasteiger partial charge in [0.2, 0.25) is 0 Å². The molecule has 8 heteroatoms. The van der Waals surface area contributed by atoms with Gasteiger partial charge in [-0.1, -0.05) is 12.1 Å². The third-order valence-corrected chi connectivity index (χ3v) is 5.67. The first kappa shape index (κ1) is 17.7. The molecule has 0 amide bonds. The maximum Gasteiger partial charge on any atom is 0.348 e. The van der Waals surface area contributed by atoms with Gasteiger partial charge in [0.25, 0.3) is 5.56 Å². The second kappa shape index (κ2) is 7.11. The number of hydrogen-bond acceptors (Lipinski definition) is 6. The van der Waals surface area contributed by atoms with E-state index in [2.05, 4.69) is 4.98 Å². The molecule has 0 saturated heterocycles. The molecule has 4 rings (SSSR count). The average molecular weight is 388 g/mol. The Morgan fingerprint density at radius 1 is 1.33 bits per heavy atom. The molecule has 1 aromatic carbocycles. The van der Waals surface area contributed by atoms with Crippen molar-refractivity contribution in [3.63, 3.8) is 0 Å². The van der Waals surface area contributed by atoms with Crippen LogP contribution in [-0.4, -0.2) is 28.7 Å². The lowest BCUT2D eigenvalue weighted by molar-refractivity contribution is 0.0453. The van der Waals surface area contributed by atoms with E-state index in [1.165, 1.54) is 23.5 Å². The number of para-hydroxylation sites is 1. The van der Waals surface area contributed by atoms with Crippen molar-refractivity contribution in [1.82, 2.24) is 9.55 Å². The first-order chi connectivity index (χ1) is 13.1. The highest BCUT2D eigenvalue weighted by Crippen LogP contribution is 2.29. The highest BCUT2D eigenvalue weighted by molar-refractivity contribution is 7.20. The van der Waals surface area contributed by atoms with Gasteiger partial charge in [-0.15, -0.1) is 11.3 Å². The molecule has 140 valence electrons. The summed E-state index contributed by atoms with van der Waals surface area (Å²) in [5, 5.41) is 0.486. The van der Waals surface area contributed by atoms with Gasteiger partial charge < -0.3 is 9.47 Å². The molecule has 0 atom stereocenters. The summed E-state index contributed by atoms with van der Waals surface area (Å²) in [6.07, 6.45) is 1.69. The molecule has 0 saturated carbocycles. The average Bonchev–Trinajstić information content (AvgIpc) is 3.25. The summed E-state index contributed by atoms with van der Waals surface area (Å²) >= 11 is 1.17. The van der Waals surface area contributed by atoms with E-state index in [-0.39, 0.29) is 24.5 Å². The van der Waals surface area contributed by atoms with Gasteiger partial charge in [-0.05, 0) is 31.0 Å². The van der Waals surface area contributed by atoms with Crippen LogP contribution in [0.15, 0.2) is 29.1 Å². The van der Waals surface area contributed by atoms with Crippen molar-refractivity contribution >= 4 is 27.5 Å². The van der Waals surface area contributed by atoms with Crippen molar-refractivity contribution < 1.29 is 18.7 Å². The maximum absolute atomic E-state index is 13.5. The Bertz CT molecular complexity index is 1090. The summed E-state index contributed by atoms with van der Waals surface area (Å²) in [7, 11) is 0. The Kier molecular flexibility index (Phi) is 4.65. The van der Waals surface area contributed by atoms with Crippen molar-refractivity contribution in [3.05, 3.63) is 56.7 Å². The zero-order chi connectivity index (χ0) is 19.0. The summed E-state index contributed by atoms with van der Waals surface area (Å²) in [6.45, 7) is 2.41. The Morgan fingerprint density at radius 3 is 2.96 bits per heavy atom. The largest absolute Gasteiger partial charge is 0.487 e. The van der Waals surface area contributed by atoms with Gasteiger partial charge in [-0.3, -0.25) is 9.36 Å². The van der Waals surface area contributed by atoms with E-state index < -0.39 is 11.8 Å². The number of ether oxygens (including phenoxy) is 2. The van der Waals surface area contributed by atoms with Crippen LogP contribution >= 0.6 is 11.3 Å².